The van der Waals surface area contributed by atoms with Crippen LogP contribution in [0.15, 0.2) is 29.4 Å². The minimum Gasteiger partial charge on any atom is -0.338 e. The Morgan fingerprint density at radius 2 is 2.16 bits per heavy atom. The lowest BCUT2D eigenvalue weighted by atomic mass is 10.2. The van der Waals surface area contributed by atoms with E-state index in [-0.39, 0.29) is 17.0 Å². The number of aromatic nitrogens is 2. The number of hydrogen-bond acceptors (Lipinski definition) is 4. The molecule has 7 heteroatoms. The first-order valence-electron chi connectivity index (χ1n) is 5.31. The number of nitrogens with one attached hydrogen (secondary N) is 1. The van der Waals surface area contributed by atoms with Crippen LogP contribution in [0.1, 0.15) is 0 Å². The molecule has 19 heavy (non-hydrogen) atoms. The fourth-order valence-electron chi connectivity index (χ4n) is 1.70. The molecule has 0 unspecified atom stereocenters. The molecule has 2 aromatic rings. The molecule has 94 valence electrons. The van der Waals surface area contributed by atoms with Crippen molar-refractivity contribution in [1.29, 1.82) is 0 Å². The minimum absolute atomic E-state index is 0.0267. The summed E-state index contributed by atoms with van der Waals surface area (Å²) in [5.74, 6) is -0.945. The van der Waals surface area contributed by atoms with E-state index in [4.69, 9.17) is 11.6 Å². The van der Waals surface area contributed by atoms with E-state index in [1.807, 2.05) is 0 Å². The Hall–Kier alpha value is -2.34. The zero-order valence-electron chi connectivity index (χ0n) is 9.39. The molecule has 5 nitrogen and oxygen atoms in total. The summed E-state index contributed by atoms with van der Waals surface area (Å²) < 4.78 is 13.5. The summed E-state index contributed by atoms with van der Waals surface area (Å²) in [4.78, 5) is 22.2. The van der Waals surface area contributed by atoms with E-state index < -0.39 is 5.82 Å². The van der Waals surface area contributed by atoms with Gasteiger partial charge < -0.3 is 5.32 Å². The number of halogens is 2. The van der Waals surface area contributed by atoms with Crippen molar-refractivity contribution in [2.24, 2.45) is 4.99 Å². The van der Waals surface area contributed by atoms with Gasteiger partial charge >= 0.3 is 0 Å². The standard InChI is InChI=1S/C12H6ClFN4O/c13-12-15-5-8(14)11(18-12)16-7-1-2-9-6(3-7)4-10(19)17-9/h1-5H,(H,15,16,18). The van der Waals surface area contributed by atoms with E-state index in [0.717, 1.165) is 6.20 Å². The topological polar surface area (TPSA) is 67.2 Å². The second kappa shape index (κ2) is 4.40. The normalized spacial score (nSPS) is 12.6. The molecule has 0 fully saturated rings. The van der Waals surface area contributed by atoms with Gasteiger partial charge in [-0.25, -0.2) is 14.4 Å². The SMILES string of the molecule is O=C1C=c2cc(Nc3nc(Cl)ncc3F)ccc2=N1. The second-order valence-corrected chi connectivity index (χ2v) is 4.17. The van der Waals surface area contributed by atoms with Crippen LogP contribution in [0.3, 0.4) is 0 Å². The molecular weight excluding hydrogens is 271 g/mol. The first kappa shape index (κ1) is 11.7. The maximum Gasteiger partial charge on any atom is 0.270 e. The average Bonchev–Trinajstić information content (AvgIpc) is 2.73. The number of amides is 1. The van der Waals surface area contributed by atoms with Crippen LogP contribution < -0.4 is 15.9 Å². The third-order valence-corrected chi connectivity index (χ3v) is 2.70. The molecule has 1 aromatic heterocycles. The number of benzene rings is 1. The van der Waals surface area contributed by atoms with Gasteiger partial charge in [0.25, 0.3) is 5.91 Å². The Kier molecular flexibility index (Phi) is 2.72. The molecule has 3 rings (SSSR count). The molecule has 1 aliphatic rings. The Bertz CT molecular complexity index is 806. The van der Waals surface area contributed by atoms with Gasteiger partial charge in [-0.3, -0.25) is 4.79 Å². The van der Waals surface area contributed by atoms with Gasteiger partial charge in [0.1, 0.15) is 0 Å². The van der Waals surface area contributed by atoms with Crippen LogP contribution >= 0.6 is 11.6 Å². The monoisotopic (exact) mass is 276 g/mol. The Labute approximate surface area is 111 Å². The first-order valence-corrected chi connectivity index (χ1v) is 5.69. The summed E-state index contributed by atoms with van der Waals surface area (Å²) in [7, 11) is 0. The molecule has 0 radical (unpaired) electrons. The minimum atomic E-state index is -0.616. The summed E-state index contributed by atoms with van der Waals surface area (Å²) in [6.45, 7) is 0. The van der Waals surface area contributed by atoms with Crippen LogP contribution in [-0.4, -0.2) is 15.9 Å². The van der Waals surface area contributed by atoms with Gasteiger partial charge in [-0.15, -0.1) is 0 Å². The molecule has 0 aliphatic carbocycles. The van der Waals surface area contributed by atoms with Crippen LogP contribution in [0, 0.1) is 5.82 Å². The zero-order chi connectivity index (χ0) is 13.4. The lowest BCUT2D eigenvalue weighted by molar-refractivity contribution is -0.112. The summed E-state index contributed by atoms with van der Waals surface area (Å²) in [5, 5.41) is 3.99. The number of anilines is 2. The highest BCUT2D eigenvalue weighted by Crippen LogP contribution is 2.16. The summed E-state index contributed by atoms with van der Waals surface area (Å²) in [5.41, 5.74) is 0.577. The van der Waals surface area contributed by atoms with Crippen molar-refractivity contribution in [2.75, 3.05) is 5.32 Å². The molecule has 0 saturated carbocycles. The summed E-state index contributed by atoms with van der Waals surface area (Å²) >= 11 is 5.60. The smallest absolute Gasteiger partial charge is 0.270 e. The number of carbonyl (C=O) groups is 1. The second-order valence-electron chi connectivity index (χ2n) is 3.83. The van der Waals surface area contributed by atoms with E-state index >= 15 is 0 Å². The molecule has 0 bridgehead atoms. The third-order valence-electron chi connectivity index (χ3n) is 2.51. The van der Waals surface area contributed by atoms with Gasteiger partial charge in [0.05, 0.1) is 11.6 Å². The lowest BCUT2D eigenvalue weighted by Gasteiger charge is -2.05. The van der Waals surface area contributed by atoms with Crippen molar-refractivity contribution in [1.82, 2.24) is 9.97 Å². The van der Waals surface area contributed by atoms with Crippen molar-refractivity contribution in [2.45, 2.75) is 0 Å². The van der Waals surface area contributed by atoms with Crippen LogP contribution in [0.2, 0.25) is 5.28 Å². The largest absolute Gasteiger partial charge is 0.338 e. The van der Waals surface area contributed by atoms with Crippen molar-refractivity contribution in [3.63, 3.8) is 0 Å². The van der Waals surface area contributed by atoms with Gasteiger partial charge in [0.2, 0.25) is 5.28 Å². The van der Waals surface area contributed by atoms with E-state index in [0.29, 0.717) is 16.3 Å². The van der Waals surface area contributed by atoms with Crippen molar-refractivity contribution in [3.05, 3.63) is 46.1 Å². The van der Waals surface area contributed by atoms with E-state index in [1.54, 1.807) is 18.2 Å². The quantitative estimate of drug-likeness (QED) is 0.830. The number of fused-ring (bicyclic) bond motifs is 1. The fraction of sp³-hybridized carbons (Fsp3) is 0. The third kappa shape index (κ3) is 2.30. The number of rotatable bonds is 2. The molecular formula is C12H6ClFN4O. The van der Waals surface area contributed by atoms with E-state index in [9.17, 15) is 9.18 Å². The molecule has 2 heterocycles. The van der Waals surface area contributed by atoms with Crippen LogP contribution in [-0.2, 0) is 4.79 Å². The highest BCUT2D eigenvalue weighted by atomic mass is 35.5. The molecule has 1 aromatic carbocycles. The van der Waals surface area contributed by atoms with Crippen LogP contribution in [0.25, 0.3) is 6.08 Å². The molecule has 1 amide bonds. The zero-order valence-corrected chi connectivity index (χ0v) is 10.1. The van der Waals surface area contributed by atoms with Crippen LogP contribution in [0.5, 0.6) is 0 Å². The molecule has 0 spiro atoms. The van der Waals surface area contributed by atoms with Gasteiger partial charge in [0, 0.05) is 17.0 Å². The Morgan fingerprint density at radius 3 is 3.00 bits per heavy atom. The predicted octanol–water partition coefficient (Wildman–Crippen LogP) is 0.953. The first-order chi connectivity index (χ1) is 9.11. The summed E-state index contributed by atoms with van der Waals surface area (Å²) in [6, 6.07) is 5.02. The number of nitrogens with zero attached hydrogens (tertiary/aromatic N) is 3. The number of hydrogen-bond donors (Lipinski definition) is 1. The lowest BCUT2D eigenvalue weighted by Crippen LogP contribution is -2.21. The Morgan fingerprint density at radius 1 is 1.32 bits per heavy atom. The highest BCUT2D eigenvalue weighted by molar-refractivity contribution is 6.28. The van der Waals surface area contributed by atoms with Crippen molar-refractivity contribution < 1.29 is 9.18 Å². The van der Waals surface area contributed by atoms with Crippen molar-refractivity contribution >= 4 is 35.1 Å². The van der Waals surface area contributed by atoms with Gasteiger partial charge in [0.15, 0.2) is 11.6 Å². The van der Waals surface area contributed by atoms with Gasteiger partial charge in [-0.05, 0) is 29.8 Å². The van der Waals surface area contributed by atoms with Gasteiger partial charge in [-0.2, -0.15) is 4.98 Å². The average molecular weight is 277 g/mol. The molecule has 0 atom stereocenters. The molecule has 0 saturated heterocycles. The summed E-state index contributed by atoms with van der Waals surface area (Å²) in [6.07, 6.45) is 2.39. The maximum absolute atomic E-state index is 13.5. The Balaban J connectivity index is 2.00. The maximum atomic E-state index is 13.5. The van der Waals surface area contributed by atoms with Crippen molar-refractivity contribution in [3.8, 4) is 0 Å². The fourth-order valence-corrected chi connectivity index (χ4v) is 1.84. The van der Waals surface area contributed by atoms with E-state index in [2.05, 4.69) is 20.3 Å². The van der Waals surface area contributed by atoms with Gasteiger partial charge in [-0.1, -0.05) is 0 Å². The highest BCUT2D eigenvalue weighted by Gasteiger charge is 2.08. The number of carbonyl (C=O) groups excluding carboxylic acids is 1. The molecule has 1 aliphatic heterocycles. The molecule has 1 N–H and O–H groups in total. The predicted molar refractivity (Wildman–Crippen MR) is 67.0 cm³/mol. The van der Waals surface area contributed by atoms with Crippen LogP contribution in [0.4, 0.5) is 15.9 Å². The van der Waals surface area contributed by atoms with E-state index in [1.165, 1.54) is 6.08 Å².